The fraction of sp³-hybridized carbons (Fsp3) is 0.474. The predicted molar refractivity (Wildman–Crippen MR) is 94.4 cm³/mol. The molecule has 1 aromatic carbocycles. The van der Waals surface area contributed by atoms with Crippen LogP contribution < -0.4 is 5.32 Å². The Labute approximate surface area is 152 Å². The van der Waals surface area contributed by atoms with Crippen LogP contribution >= 0.6 is 0 Å². The van der Waals surface area contributed by atoms with E-state index in [4.69, 9.17) is 0 Å². The molecular formula is C19H23N3O4. The second-order valence-electron chi connectivity index (χ2n) is 7.06. The lowest BCUT2D eigenvalue weighted by Crippen LogP contribution is -2.53. The third-order valence-corrected chi connectivity index (χ3v) is 4.85. The molecule has 1 atom stereocenters. The van der Waals surface area contributed by atoms with Gasteiger partial charge >= 0.3 is 0 Å². The molecule has 1 N–H and O–H groups in total. The molecule has 7 heteroatoms. The number of nitrogens with zero attached hydrogens (tertiary/aromatic N) is 2. The van der Waals surface area contributed by atoms with Crippen LogP contribution in [0.4, 0.5) is 0 Å². The molecule has 138 valence electrons. The summed E-state index contributed by atoms with van der Waals surface area (Å²) < 4.78 is 0. The molecule has 26 heavy (non-hydrogen) atoms. The van der Waals surface area contributed by atoms with Crippen LogP contribution in [0.15, 0.2) is 24.3 Å². The normalized spacial score (nSPS) is 17.7. The van der Waals surface area contributed by atoms with Crippen LogP contribution in [-0.4, -0.2) is 59.1 Å². The molecule has 3 rings (SSSR count). The van der Waals surface area contributed by atoms with Gasteiger partial charge in [0.2, 0.25) is 11.8 Å². The summed E-state index contributed by atoms with van der Waals surface area (Å²) in [5, 5.41) is 2.71. The van der Waals surface area contributed by atoms with Gasteiger partial charge in [-0.3, -0.25) is 24.1 Å². The smallest absolute Gasteiger partial charge is 0.262 e. The van der Waals surface area contributed by atoms with Gasteiger partial charge in [0.05, 0.1) is 11.1 Å². The second-order valence-corrected chi connectivity index (χ2v) is 7.06. The summed E-state index contributed by atoms with van der Waals surface area (Å²) in [5.41, 5.74) is 0.609. The van der Waals surface area contributed by atoms with Crippen molar-refractivity contribution in [3.63, 3.8) is 0 Å². The second kappa shape index (κ2) is 7.27. The van der Waals surface area contributed by atoms with Crippen LogP contribution in [0.1, 0.15) is 47.4 Å². The molecule has 4 amide bonds. The highest BCUT2D eigenvalue weighted by Gasteiger charge is 2.37. The lowest BCUT2D eigenvalue weighted by Gasteiger charge is -2.27. The van der Waals surface area contributed by atoms with E-state index in [1.54, 1.807) is 29.2 Å². The molecule has 0 bridgehead atoms. The minimum atomic E-state index is -0.657. The summed E-state index contributed by atoms with van der Waals surface area (Å²) in [7, 11) is 0. The average molecular weight is 357 g/mol. The number of hydrogen-bond acceptors (Lipinski definition) is 4. The summed E-state index contributed by atoms with van der Waals surface area (Å²) in [5.74, 6) is -1.66. The van der Waals surface area contributed by atoms with E-state index in [1.807, 2.05) is 13.8 Å². The van der Waals surface area contributed by atoms with E-state index in [2.05, 4.69) is 5.32 Å². The number of amides is 4. The van der Waals surface area contributed by atoms with Crippen molar-refractivity contribution >= 4 is 23.6 Å². The molecule has 0 unspecified atom stereocenters. The number of hydrogen-bond donors (Lipinski definition) is 1. The number of carbonyl (C=O) groups is 4. The van der Waals surface area contributed by atoms with Crippen molar-refractivity contribution in [2.24, 2.45) is 5.92 Å². The molecular weight excluding hydrogens is 334 g/mol. The number of nitrogens with one attached hydrogen (secondary N) is 1. The van der Waals surface area contributed by atoms with Crippen molar-refractivity contribution in [1.29, 1.82) is 0 Å². The largest absolute Gasteiger partial charge is 0.342 e. The topological polar surface area (TPSA) is 86.8 Å². The van der Waals surface area contributed by atoms with Crippen molar-refractivity contribution in [2.45, 2.75) is 32.7 Å². The number of likely N-dealkylation sites (tertiary alicyclic amines) is 1. The molecule has 2 aliphatic heterocycles. The first-order chi connectivity index (χ1) is 12.4. The van der Waals surface area contributed by atoms with Gasteiger partial charge in [-0.25, -0.2) is 0 Å². The Kier molecular flexibility index (Phi) is 5.06. The molecule has 0 spiro atoms. The Morgan fingerprint density at radius 3 is 2.08 bits per heavy atom. The quantitative estimate of drug-likeness (QED) is 0.798. The number of carbonyl (C=O) groups excluding carboxylic acids is 4. The van der Waals surface area contributed by atoms with Crippen molar-refractivity contribution in [3.05, 3.63) is 35.4 Å². The minimum absolute atomic E-state index is 0.0887. The number of fused-ring (bicyclic) bond motifs is 1. The highest BCUT2D eigenvalue weighted by Crippen LogP contribution is 2.22. The third-order valence-electron chi connectivity index (χ3n) is 4.85. The van der Waals surface area contributed by atoms with Gasteiger partial charge in [-0.05, 0) is 30.9 Å². The Bertz CT molecular complexity index is 718. The standard InChI is InChI=1S/C19H23N3O4/c1-12(2)16(19(26)21-9-5-6-10-21)20-15(23)11-22-17(24)13-7-3-4-8-14(13)18(22)25/h3-4,7-8,12,16H,5-6,9-11H2,1-2H3,(H,20,23)/t16-/m0/s1. The van der Waals surface area contributed by atoms with Gasteiger partial charge in [0, 0.05) is 13.1 Å². The van der Waals surface area contributed by atoms with Crippen molar-refractivity contribution in [3.8, 4) is 0 Å². The fourth-order valence-electron chi connectivity index (χ4n) is 3.39. The molecule has 0 aromatic heterocycles. The zero-order valence-electron chi connectivity index (χ0n) is 15.0. The van der Waals surface area contributed by atoms with Gasteiger partial charge in [0.25, 0.3) is 11.8 Å². The van der Waals surface area contributed by atoms with E-state index < -0.39 is 23.8 Å². The van der Waals surface area contributed by atoms with Crippen LogP contribution in [0.2, 0.25) is 0 Å². The summed E-state index contributed by atoms with van der Waals surface area (Å²) in [4.78, 5) is 52.5. The number of benzene rings is 1. The summed E-state index contributed by atoms with van der Waals surface area (Å²) in [6.45, 7) is 4.75. The van der Waals surface area contributed by atoms with Crippen molar-refractivity contribution in [2.75, 3.05) is 19.6 Å². The third kappa shape index (κ3) is 3.34. The molecule has 2 heterocycles. The van der Waals surface area contributed by atoms with E-state index in [9.17, 15) is 19.2 Å². The summed E-state index contributed by atoms with van der Waals surface area (Å²) in [6.07, 6.45) is 1.94. The SMILES string of the molecule is CC(C)[C@H](NC(=O)CN1C(=O)c2ccccc2C1=O)C(=O)N1CCCC1. The minimum Gasteiger partial charge on any atom is -0.342 e. The van der Waals surface area contributed by atoms with Gasteiger partial charge in [-0.2, -0.15) is 0 Å². The van der Waals surface area contributed by atoms with E-state index in [0.717, 1.165) is 17.7 Å². The maximum Gasteiger partial charge on any atom is 0.262 e. The molecule has 1 fully saturated rings. The molecule has 0 aliphatic carbocycles. The molecule has 2 aliphatic rings. The average Bonchev–Trinajstić information content (AvgIpc) is 3.23. The Balaban J connectivity index is 1.67. The van der Waals surface area contributed by atoms with E-state index in [1.165, 1.54) is 0 Å². The van der Waals surface area contributed by atoms with Crippen molar-refractivity contribution < 1.29 is 19.2 Å². The van der Waals surface area contributed by atoms with Crippen molar-refractivity contribution in [1.82, 2.24) is 15.1 Å². The molecule has 1 aromatic rings. The molecule has 1 saturated heterocycles. The fourth-order valence-corrected chi connectivity index (χ4v) is 3.39. The zero-order chi connectivity index (χ0) is 18.8. The van der Waals surface area contributed by atoms with Gasteiger partial charge < -0.3 is 10.2 Å². The van der Waals surface area contributed by atoms with Crippen LogP contribution in [0, 0.1) is 5.92 Å². The zero-order valence-corrected chi connectivity index (χ0v) is 15.0. The highest BCUT2D eigenvalue weighted by molar-refractivity contribution is 6.22. The first-order valence-corrected chi connectivity index (χ1v) is 8.93. The number of imide groups is 1. The Morgan fingerprint density at radius 2 is 1.58 bits per heavy atom. The Morgan fingerprint density at radius 1 is 1.04 bits per heavy atom. The van der Waals surface area contributed by atoms with Crippen LogP contribution in [0.5, 0.6) is 0 Å². The highest BCUT2D eigenvalue weighted by atomic mass is 16.2. The monoisotopic (exact) mass is 357 g/mol. The predicted octanol–water partition coefficient (Wildman–Crippen LogP) is 1.05. The van der Waals surface area contributed by atoms with Crippen LogP contribution in [0.3, 0.4) is 0 Å². The van der Waals surface area contributed by atoms with Gasteiger partial charge in [-0.1, -0.05) is 26.0 Å². The number of rotatable bonds is 5. The van der Waals surface area contributed by atoms with Gasteiger partial charge in [0.15, 0.2) is 0 Å². The maximum atomic E-state index is 12.6. The maximum absolute atomic E-state index is 12.6. The van der Waals surface area contributed by atoms with Gasteiger partial charge in [0.1, 0.15) is 12.6 Å². The van der Waals surface area contributed by atoms with E-state index in [0.29, 0.717) is 24.2 Å². The lowest BCUT2D eigenvalue weighted by atomic mass is 10.0. The molecule has 0 radical (unpaired) electrons. The van der Waals surface area contributed by atoms with Crippen LogP contribution in [0.25, 0.3) is 0 Å². The summed E-state index contributed by atoms with van der Waals surface area (Å²) >= 11 is 0. The van der Waals surface area contributed by atoms with E-state index in [-0.39, 0.29) is 18.4 Å². The first kappa shape index (κ1) is 18.1. The van der Waals surface area contributed by atoms with Crippen LogP contribution in [-0.2, 0) is 9.59 Å². The Hall–Kier alpha value is -2.70. The van der Waals surface area contributed by atoms with E-state index >= 15 is 0 Å². The lowest BCUT2D eigenvalue weighted by molar-refractivity contribution is -0.136. The molecule has 7 nitrogen and oxygen atoms in total. The summed E-state index contributed by atoms with van der Waals surface area (Å²) in [6, 6.07) is 5.84. The molecule has 0 saturated carbocycles. The van der Waals surface area contributed by atoms with Gasteiger partial charge in [-0.15, -0.1) is 0 Å². The first-order valence-electron chi connectivity index (χ1n) is 8.93.